The van der Waals surface area contributed by atoms with Gasteiger partial charge in [-0.3, -0.25) is 9.59 Å². The number of thiazole rings is 1. The highest BCUT2D eigenvalue weighted by molar-refractivity contribution is 9.10. The molecular weight excluding hydrogens is 458 g/mol. The molecule has 134 valence electrons. The van der Waals surface area contributed by atoms with Crippen molar-refractivity contribution in [2.45, 2.75) is 0 Å². The number of carbonyl (C=O) groups is 2. The maximum atomic E-state index is 12.5. The van der Waals surface area contributed by atoms with E-state index >= 15 is 0 Å². The Morgan fingerprint density at radius 1 is 1.27 bits per heavy atom. The van der Waals surface area contributed by atoms with Crippen LogP contribution in [0.2, 0.25) is 5.02 Å². The molecule has 1 aromatic carbocycles. The van der Waals surface area contributed by atoms with Gasteiger partial charge in [0, 0.05) is 33.0 Å². The van der Waals surface area contributed by atoms with Gasteiger partial charge in [-0.2, -0.15) is 0 Å². The lowest BCUT2D eigenvalue weighted by molar-refractivity contribution is -0.116. The van der Waals surface area contributed by atoms with Crippen molar-refractivity contribution in [2.75, 3.05) is 18.9 Å². The van der Waals surface area contributed by atoms with Gasteiger partial charge in [-0.1, -0.05) is 17.7 Å². The van der Waals surface area contributed by atoms with E-state index in [2.05, 4.69) is 26.2 Å². The van der Waals surface area contributed by atoms with Gasteiger partial charge < -0.3 is 10.2 Å². The Kier molecular flexibility index (Phi) is 6.08. The first kappa shape index (κ1) is 19.0. The molecule has 2 aromatic heterocycles. The van der Waals surface area contributed by atoms with E-state index in [1.165, 1.54) is 16.2 Å². The number of hydrogen-bond acceptors (Lipinski definition) is 5. The Balaban J connectivity index is 1.62. The summed E-state index contributed by atoms with van der Waals surface area (Å²) in [5, 5.41) is 7.69. The SMILES string of the molecule is CN(CC(=O)Nc1cccc(Cl)c1)C(=O)c1csc(-c2cc(Br)cs2)n1. The van der Waals surface area contributed by atoms with E-state index in [0.717, 1.165) is 14.4 Å². The van der Waals surface area contributed by atoms with E-state index in [9.17, 15) is 9.59 Å². The Morgan fingerprint density at radius 3 is 2.77 bits per heavy atom. The van der Waals surface area contributed by atoms with Crippen LogP contribution in [0.3, 0.4) is 0 Å². The smallest absolute Gasteiger partial charge is 0.273 e. The fourth-order valence-corrected chi connectivity index (χ4v) is 4.65. The molecule has 9 heteroatoms. The van der Waals surface area contributed by atoms with Gasteiger partial charge >= 0.3 is 0 Å². The molecule has 0 fully saturated rings. The van der Waals surface area contributed by atoms with Gasteiger partial charge in [0.2, 0.25) is 5.91 Å². The van der Waals surface area contributed by atoms with Crippen LogP contribution in [-0.4, -0.2) is 35.3 Å². The molecule has 0 radical (unpaired) electrons. The van der Waals surface area contributed by atoms with Crippen molar-refractivity contribution in [1.82, 2.24) is 9.88 Å². The first-order valence-corrected chi connectivity index (χ1v) is 10.4. The number of nitrogens with zero attached hydrogens (tertiary/aromatic N) is 2. The molecule has 0 aliphatic carbocycles. The molecule has 5 nitrogen and oxygen atoms in total. The van der Waals surface area contributed by atoms with Gasteiger partial charge in [-0.15, -0.1) is 22.7 Å². The molecule has 3 rings (SSSR count). The van der Waals surface area contributed by atoms with Crippen molar-refractivity contribution in [3.8, 4) is 9.88 Å². The molecule has 2 heterocycles. The minimum Gasteiger partial charge on any atom is -0.331 e. The van der Waals surface area contributed by atoms with Crippen molar-refractivity contribution >= 4 is 67.7 Å². The number of halogens is 2. The van der Waals surface area contributed by atoms with Gasteiger partial charge in [-0.05, 0) is 40.2 Å². The number of nitrogens with one attached hydrogen (secondary N) is 1. The number of thiophene rings is 1. The monoisotopic (exact) mass is 469 g/mol. The third-order valence-electron chi connectivity index (χ3n) is 3.34. The summed E-state index contributed by atoms with van der Waals surface area (Å²) in [5.41, 5.74) is 0.912. The molecule has 0 bridgehead atoms. The topological polar surface area (TPSA) is 62.3 Å². The van der Waals surface area contributed by atoms with E-state index < -0.39 is 0 Å². The number of anilines is 1. The van der Waals surface area contributed by atoms with Crippen LogP contribution >= 0.6 is 50.2 Å². The highest BCUT2D eigenvalue weighted by Gasteiger charge is 2.19. The number of amides is 2. The molecule has 0 saturated heterocycles. The molecule has 26 heavy (non-hydrogen) atoms. The van der Waals surface area contributed by atoms with E-state index in [0.29, 0.717) is 16.4 Å². The highest BCUT2D eigenvalue weighted by Crippen LogP contribution is 2.32. The predicted molar refractivity (Wildman–Crippen MR) is 110 cm³/mol. The van der Waals surface area contributed by atoms with Gasteiger partial charge in [0.1, 0.15) is 10.7 Å². The van der Waals surface area contributed by atoms with Crippen LogP contribution in [0.1, 0.15) is 10.5 Å². The molecule has 0 aliphatic heterocycles. The van der Waals surface area contributed by atoms with E-state index in [1.54, 1.807) is 48.0 Å². The maximum absolute atomic E-state index is 12.5. The Bertz CT molecular complexity index is 957. The zero-order chi connectivity index (χ0) is 18.7. The van der Waals surface area contributed by atoms with Crippen molar-refractivity contribution in [2.24, 2.45) is 0 Å². The fourth-order valence-electron chi connectivity index (χ4n) is 2.16. The molecule has 0 spiro atoms. The number of rotatable bonds is 5. The summed E-state index contributed by atoms with van der Waals surface area (Å²) in [4.78, 5) is 31.3. The molecule has 0 saturated carbocycles. The average Bonchev–Trinajstić information content (AvgIpc) is 3.22. The maximum Gasteiger partial charge on any atom is 0.273 e. The molecular formula is C17H13BrClN3O2S2. The molecule has 1 N–H and O–H groups in total. The summed E-state index contributed by atoms with van der Waals surface area (Å²) in [6.45, 7) is -0.0806. The number of benzene rings is 1. The number of carbonyl (C=O) groups excluding carboxylic acids is 2. The third-order valence-corrected chi connectivity index (χ3v) is 6.28. The van der Waals surface area contributed by atoms with Crippen LogP contribution in [0, 0.1) is 0 Å². The first-order valence-electron chi connectivity index (χ1n) is 7.43. The number of likely N-dealkylation sites (N-methyl/N-ethyl adjacent to an activating group) is 1. The van der Waals surface area contributed by atoms with Gasteiger partial charge in [0.15, 0.2) is 0 Å². The van der Waals surface area contributed by atoms with Crippen LogP contribution in [0.25, 0.3) is 9.88 Å². The lowest BCUT2D eigenvalue weighted by atomic mass is 10.3. The van der Waals surface area contributed by atoms with Gasteiger partial charge in [0.25, 0.3) is 5.91 Å². The highest BCUT2D eigenvalue weighted by atomic mass is 79.9. The van der Waals surface area contributed by atoms with Crippen molar-refractivity contribution in [3.63, 3.8) is 0 Å². The summed E-state index contributed by atoms with van der Waals surface area (Å²) >= 11 is 12.3. The minimum atomic E-state index is -0.305. The third kappa shape index (κ3) is 4.70. The quantitative estimate of drug-likeness (QED) is 0.571. The summed E-state index contributed by atoms with van der Waals surface area (Å²) < 4.78 is 0.982. The molecule has 0 aliphatic rings. The van der Waals surface area contributed by atoms with Crippen molar-refractivity contribution in [3.05, 3.63) is 56.3 Å². The minimum absolute atomic E-state index is 0.0806. The molecule has 2 amide bonds. The molecule has 0 unspecified atom stereocenters. The second-order valence-corrected chi connectivity index (χ2v) is 8.51. The normalized spacial score (nSPS) is 10.6. The molecule has 0 atom stereocenters. The zero-order valence-electron chi connectivity index (χ0n) is 13.5. The van der Waals surface area contributed by atoms with Crippen LogP contribution in [0.5, 0.6) is 0 Å². The zero-order valence-corrected chi connectivity index (χ0v) is 17.5. The van der Waals surface area contributed by atoms with Crippen LogP contribution in [-0.2, 0) is 4.79 Å². The lowest BCUT2D eigenvalue weighted by Gasteiger charge is -2.15. The van der Waals surface area contributed by atoms with E-state index in [4.69, 9.17) is 11.6 Å². The van der Waals surface area contributed by atoms with Crippen LogP contribution in [0.15, 0.2) is 45.6 Å². The van der Waals surface area contributed by atoms with Crippen LogP contribution in [0.4, 0.5) is 5.69 Å². The Labute approximate surface area is 171 Å². The molecule has 3 aromatic rings. The van der Waals surface area contributed by atoms with Crippen LogP contribution < -0.4 is 5.32 Å². The summed E-state index contributed by atoms with van der Waals surface area (Å²) in [5.74, 6) is -0.606. The van der Waals surface area contributed by atoms with E-state index in [1.807, 2.05) is 11.4 Å². The second-order valence-electron chi connectivity index (χ2n) is 5.39. The van der Waals surface area contributed by atoms with E-state index in [-0.39, 0.29) is 18.4 Å². The largest absolute Gasteiger partial charge is 0.331 e. The van der Waals surface area contributed by atoms with Gasteiger partial charge in [-0.25, -0.2) is 4.98 Å². The number of aromatic nitrogens is 1. The second kappa shape index (κ2) is 8.30. The number of hydrogen-bond donors (Lipinski definition) is 1. The van der Waals surface area contributed by atoms with Gasteiger partial charge in [0.05, 0.1) is 11.4 Å². The summed E-state index contributed by atoms with van der Waals surface area (Å²) in [7, 11) is 1.57. The van der Waals surface area contributed by atoms with Crippen molar-refractivity contribution in [1.29, 1.82) is 0 Å². The standard InChI is InChI=1S/C17H13BrClN3O2S2/c1-22(7-15(23)20-12-4-2-3-11(19)6-12)17(24)13-9-26-16(21-13)14-5-10(18)8-25-14/h2-6,8-9H,7H2,1H3,(H,20,23). The first-order chi connectivity index (χ1) is 12.4. The summed E-state index contributed by atoms with van der Waals surface area (Å²) in [6.07, 6.45) is 0. The Morgan fingerprint density at radius 2 is 2.08 bits per heavy atom. The Hall–Kier alpha value is -1.74. The van der Waals surface area contributed by atoms with Crippen molar-refractivity contribution < 1.29 is 9.59 Å². The lowest BCUT2D eigenvalue weighted by Crippen LogP contribution is -2.35. The summed E-state index contributed by atoms with van der Waals surface area (Å²) in [6, 6.07) is 8.80. The average molecular weight is 471 g/mol. The predicted octanol–water partition coefficient (Wildman–Crippen LogP) is 5.00. The fraction of sp³-hybridized carbons (Fsp3) is 0.118.